The van der Waals surface area contributed by atoms with Crippen molar-refractivity contribution in [1.82, 2.24) is 35.0 Å². The van der Waals surface area contributed by atoms with Crippen LogP contribution in [-0.2, 0) is 24.6 Å². The first kappa shape index (κ1) is 47.9. The number of nitrogens with one attached hydrogen (secondary N) is 2. The lowest BCUT2D eigenvalue weighted by Crippen LogP contribution is -2.59. The van der Waals surface area contributed by atoms with E-state index in [0.717, 1.165) is 94.9 Å². The number of benzene rings is 3. The zero-order valence-corrected chi connectivity index (χ0v) is 42.2. The minimum absolute atomic E-state index is 0.107. The molecule has 5 heterocycles. The highest BCUT2D eigenvalue weighted by atomic mass is 79.9. The molecule has 3 atom stereocenters. The summed E-state index contributed by atoms with van der Waals surface area (Å²) in [6.45, 7) is 14.4. The number of alkyl halides is 1. The zero-order valence-electron chi connectivity index (χ0n) is 39.8. The van der Waals surface area contributed by atoms with Gasteiger partial charge in [0.2, 0.25) is 11.8 Å². The predicted octanol–water partition coefficient (Wildman–Crippen LogP) is 9.02. The van der Waals surface area contributed by atoms with Crippen LogP contribution in [0.15, 0.2) is 75.4 Å². The van der Waals surface area contributed by atoms with Crippen LogP contribution in [-0.4, -0.2) is 91.8 Å². The van der Waals surface area contributed by atoms with Crippen LogP contribution in [0.25, 0.3) is 27.0 Å². The Morgan fingerprint density at radius 2 is 1.71 bits per heavy atom. The van der Waals surface area contributed by atoms with Gasteiger partial charge in [-0.05, 0) is 147 Å². The van der Waals surface area contributed by atoms with Crippen LogP contribution in [0.4, 0.5) is 4.39 Å². The standard InChI is InChI=1S/C53H61BrFN7O5S/c1-31-44(68-30-56-31)34-16-14-33(15-17-34)39(57-46(64)42-28-36(63)29-61(42)48(66)45(51(2,3)4)58-50(67)53(55)22-23-53)12-8-7-9-24-60-25-20-32(21-26-60)35-18-19-40-37(27-35)52(5,6)49-59-47(65)43-38(54)11-10-13-41(43)62(40)49/h10-11,13-19,27,30,32,39,42,45H,7-9,12,20-26,28-29H2,1-6H3,(H,57,64)(H,58,67)/t39-,42-,45+/m0/s1. The number of rotatable bonds is 14. The van der Waals surface area contributed by atoms with Crippen LogP contribution in [0.5, 0.6) is 0 Å². The van der Waals surface area contributed by atoms with Gasteiger partial charge in [-0.2, -0.15) is 4.98 Å². The molecular formula is C53H61BrFN7O5S. The van der Waals surface area contributed by atoms with Crippen molar-refractivity contribution < 1.29 is 23.6 Å². The number of carbonyl (C=O) groups excluding carboxylic acids is 4. The summed E-state index contributed by atoms with van der Waals surface area (Å²) in [5.41, 5.74) is 5.81. The Labute approximate surface area is 409 Å². The highest BCUT2D eigenvalue weighted by molar-refractivity contribution is 9.10. The third-order valence-electron chi connectivity index (χ3n) is 14.7. The Morgan fingerprint density at radius 3 is 2.38 bits per heavy atom. The van der Waals surface area contributed by atoms with Gasteiger partial charge < -0.3 is 20.4 Å². The van der Waals surface area contributed by atoms with E-state index in [1.54, 1.807) is 32.1 Å². The van der Waals surface area contributed by atoms with E-state index in [1.807, 2.05) is 54.9 Å². The average Bonchev–Trinajstić information content (AvgIpc) is 3.60. The first-order valence-corrected chi connectivity index (χ1v) is 25.7. The molecule has 0 spiro atoms. The van der Waals surface area contributed by atoms with Crippen molar-refractivity contribution in [2.45, 2.75) is 134 Å². The summed E-state index contributed by atoms with van der Waals surface area (Å²) in [5, 5.41) is 6.44. The quantitative estimate of drug-likeness (QED) is 0.105. The number of amides is 3. The van der Waals surface area contributed by atoms with Crippen LogP contribution >= 0.6 is 27.3 Å². The molecule has 1 saturated carbocycles. The second kappa shape index (κ2) is 18.7. The molecule has 3 aromatic carbocycles. The molecule has 2 N–H and O–H groups in total. The Balaban J connectivity index is 0.825. The molecule has 2 aromatic heterocycles. The summed E-state index contributed by atoms with van der Waals surface area (Å²) in [6, 6.07) is 18.3. The van der Waals surface area contributed by atoms with Gasteiger partial charge in [0.05, 0.1) is 50.7 Å². The van der Waals surface area contributed by atoms with Gasteiger partial charge in [-0.15, -0.1) is 11.3 Å². The minimum atomic E-state index is -1.98. The Morgan fingerprint density at radius 1 is 0.971 bits per heavy atom. The molecular weight excluding hydrogens is 946 g/mol. The first-order chi connectivity index (χ1) is 32.3. The molecule has 3 aliphatic heterocycles. The van der Waals surface area contributed by atoms with E-state index in [2.05, 4.69) is 78.0 Å². The van der Waals surface area contributed by atoms with Crippen molar-refractivity contribution >= 4 is 61.7 Å². The summed E-state index contributed by atoms with van der Waals surface area (Å²) in [6.07, 6.45) is 5.70. The number of aromatic nitrogens is 3. The van der Waals surface area contributed by atoms with Crippen LogP contribution in [0, 0.1) is 12.3 Å². The number of nitrogens with zero attached hydrogens (tertiary/aromatic N) is 5. The number of aryl methyl sites for hydroxylation is 1. The van der Waals surface area contributed by atoms with Crippen LogP contribution in [0.2, 0.25) is 0 Å². The Bertz CT molecular complexity index is 2840. The number of thiazole rings is 1. The maximum atomic E-state index is 14.8. The van der Waals surface area contributed by atoms with Crippen molar-refractivity contribution in [2.24, 2.45) is 5.41 Å². The maximum Gasteiger partial charge on any atom is 0.281 e. The van der Waals surface area contributed by atoms with Gasteiger partial charge in [0.15, 0.2) is 11.5 Å². The van der Waals surface area contributed by atoms with Gasteiger partial charge in [0, 0.05) is 10.9 Å². The monoisotopic (exact) mass is 1010 g/mol. The highest BCUT2D eigenvalue weighted by Gasteiger charge is 2.53. The molecule has 358 valence electrons. The van der Waals surface area contributed by atoms with Crippen LogP contribution in [0.3, 0.4) is 0 Å². The smallest absolute Gasteiger partial charge is 0.281 e. The van der Waals surface area contributed by atoms with Crippen molar-refractivity contribution in [2.75, 3.05) is 26.2 Å². The van der Waals surface area contributed by atoms with Crippen molar-refractivity contribution in [3.8, 4) is 16.1 Å². The van der Waals surface area contributed by atoms with Crippen molar-refractivity contribution in [3.05, 3.63) is 109 Å². The number of Topliss-reactive ketones (excluding diaryl/α,β-unsaturated/α-hetero) is 1. The van der Waals surface area contributed by atoms with E-state index in [4.69, 9.17) is 0 Å². The van der Waals surface area contributed by atoms with Crippen molar-refractivity contribution in [1.29, 1.82) is 0 Å². The van der Waals surface area contributed by atoms with E-state index < -0.39 is 46.3 Å². The molecule has 3 amide bonds. The van der Waals surface area contributed by atoms with Gasteiger partial charge in [-0.25, -0.2) is 9.37 Å². The number of halogens is 2. The molecule has 3 fully saturated rings. The number of hydrogen-bond acceptors (Lipinski definition) is 9. The fraction of sp³-hybridized carbons (Fsp3) is 0.491. The van der Waals surface area contributed by atoms with E-state index in [9.17, 15) is 28.4 Å². The zero-order chi connectivity index (χ0) is 48.3. The molecule has 0 radical (unpaired) electrons. The largest absolute Gasteiger partial charge is 0.347 e. The molecule has 12 nitrogen and oxygen atoms in total. The maximum absolute atomic E-state index is 14.8. The van der Waals surface area contributed by atoms with Crippen LogP contribution < -0.4 is 16.2 Å². The van der Waals surface area contributed by atoms with Gasteiger partial charge in [0.25, 0.3) is 11.5 Å². The minimum Gasteiger partial charge on any atom is -0.347 e. The number of fused-ring (bicyclic) bond motifs is 5. The van der Waals surface area contributed by atoms with E-state index in [0.29, 0.717) is 17.7 Å². The lowest BCUT2D eigenvalue weighted by atomic mass is 9.81. The number of carbonyl (C=O) groups is 4. The second-order valence-corrected chi connectivity index (χ2v) is 22.7. The van der Waals surface area contributed by atoms with Gasteiger partial charge in [-0.3, -0.25) is 28.5 Å². The van der Waals surface area contributed by atoms with Gasteiger partial charge in [-0.1, -0.05) is 76.1 Å². The van der Waals surface area contributed by atoms with Gasteiger partial charge >= 0.3 is 0 Å². The molecule has 2 saturated heterocycles. The molecule has 0 unspecified atom stereocenters. The fourth-order valence-electron chi connectivity index (χ4n) is 10.5. The SMILES string of the molecule is Cc1ncsc1-c1ccc([C@H](CCCCCN2CCC(c3ccc4c(c3)C(C)(C)c3nc(=O)c5c(Br)cccc5n3-4)CC2)NC(=O)[C@@H]2CC(=O)CN2C(=O)[C@@H](NC(=O)C2(F)CC2)C(C)(C)C)cc1. The molecule has 0 bridgehead atoms. The third kappa shape index (κ3) is 9.34. The summed E-state index contributed by atoms with van der Waals surface area (Å²) in [5.74, 6) is -0.845. The number of likely N-dealkylation sites (tertiary alicyclic amines) is 2. The average molecular weight is 1010 g/mol. The third-order valence-corrected chi connectivity index (χ3v) is 16.4. The number of ketones is 1. The van der Waals surface area contributed by atoms with Crippen LogP contribution in [0.1, 0.15) is 133 Å². The molecule has 4 aliphatic rings. The summed E-state index contributed by atoms with van der Waals surface area (Å²) in [7, 11) is 0. The molecule has 5 aromatic rings. The number of unbranched alkanes of at least 4 members (excludes halogenated alkanes) is 2. The van der Waals surface area contributed by atoms with Crippen molar-refractivity contribution in [3.63, 3.8) is 0 Å². The predicted molar refractivity (Wildman–Crippen MR) is 267 cm³/mol. The van der Waals surface area contributed by atoms with Gasteiger partial charge in [0.1, 0.15) is 17.9 Å². The molecule has 15 heteroatoms. The normalized spacial score (nSPS) is 19.7. The highest BCUT2D eigenvalue weighted by Crippen LogP contribution is 2.45. The molecule has 1 aliphatic carbocycles. The second-order valence-electron chi connectivity index (χ2n) is 21.0. The molecule has 68 heavy (non-hydrogen) atoms. The lowest BCUT2D eigenvalue weighted by Gasteiger charge is -2.35. The summed E-state index contributed by atoms with van der Waals surface area (Å²) < 4.78 is 17.7. The fourth-order valence-corrected chi connectivity index (χ4v) is 11.8. The summed E-state index contributed by atoms with van der Waals surface area (Å²) in [4.78, 5) is 81.3. The van der Waals surface area contributed by atoms with E-state index in [1.165, 1.54) is 16.0 Å². The number of hydrogen-bond donors (Lipinski definition) is 2. The topological polar surface area (TPSA) is 147 Å². The Hall–Kier alpha value is -5.12. The first-order valence-electron chi connectivity index (χ1n) is 24.1. The summed E-state index contributed by atoms with van der Waals surface area (Å²) >= 11 is 5.15. The van der Waals surface area contributed by atoms with E-state index in [-0.39, 0.29) is 43.2 Å². The lowest BCUT2D eigenvalue weighted by molar-refractivity contribution is -0.145. The van der Waals surface area contributed by atoms with E-state index >= 15 is 0 Å². The Kier molecular flexibility index (Phi) is 13.1. The number of piperidine rings is 1. The molecule has 9 rings (SSSR count).